The molecule has 1 heterocycles. The second kappa shape index (κ2) is 10.5. The fourth-order valence-electron chi connectivity index (χ4n) is 2.93. The van der Waals surface area contributed by atoms with Gasteiger partial charge in [0.05, 0.1) is 0 Å². The fraction of sp³-hybridized carbons (Fsp3) is 0.550. The van der Waals surface area contributed by atoms with Gasteiger partial charge in [-0.15, -0.1) is 0 Å². The third kappa shape index (κ3) is 6.92. The summed E-state index contributed by atoms with van der Waals surface area (Å²) in [6.07, 6.45) is 2.28. The highest BCUT2D eigenvalue weighted by Gasteiger charge is 2.25. The van der Waals surface area contributed by atoms with Crippen LogP contribution < -0.4 is 10.6 Å². The van der Waals surface area contributed by atoms with E-state index in [0.29, 0.717) is 18.9 Å². The number of likely N-dealkylation sites (N-methyl/N-ethyl adjacent to an activating group) is 1. The van der Waals surface area contributed by atoms with Gasteiger partial charge < -0.3 is 20.4 Å². The number of hydrogen-bond acceptors (Lipinski definition) is 3. The average molecular weight is 374 g/mol. The van der Waals surface area contributed by atoms with Crippen LogP contribution in [0.25, 0.3) is 0 Å². The van der Waals surface area contributed by atoms with Crippen LogP contribution in [0.15, 0.2) is 35.3 Å². The van der Waals surface area contributed by atoms with Crippen LogP contribution in [0.4, 0.5) is 0 Å². The van der Waals surface area contributed by atoms with Crippen LogP contribution in [-0.4, -0.2) is 73.9 Å². The van der Waals surface area contributed by atoms with Crippen LogP contribution in [0, 0.1) is 0 Å². The van der Waals surface area contributed by atoms with E-state index in [4.69, 9.17) is 0 Å². The molecule has 1 unspecified atom stereocenters. The highest BCUT2D eigenvalue weighted by atomic mass is 16.2. The molecule has 0 bridgehead atoms. The molecular weight excluding hydrogens is 342 g/mol. The van der Waals surface area contributed by atoms with E-state index in [1.54, 1.807) is 14.1 Å². The van der Waals surface area contributed by atoms with Gasteiger partial charge in [0.25, 0.3) is 0 Å². The molecule has 148 valence electrons. The number of likely N-dealkylation sites (tertiary alicyclic amines) is 1. The Balaban J connectivity index is 1.91. The topological polar surface area (TPSA) is 77.0 Å². The minimum absolute atomic E-state index is 0.0478. The molecule has 1 aromatic rings. The van der Waals surface area contributed by atoms with E-state index >= 15 is 0 Å². The van der Waals surface area contributed by atoms with Crippen molar-refractivity contribution in [2.24, 2.45) is 4.99 Å². The van der Waals surface area contributed by atoms with Crippen LogP contribution in [0.1, 0.15) is 25.3 Å². The summed E-state index contributed by atoms with van der Waals surface area (Å²) in [5.74, 6) is 0.753. The first-order valence-electron chi connectivity index (χ1n) is 9.56. The fourth-order valence-corrected chi connectivity index (χ4v) is 2.93. The third-order valence-corrected chi connectivity index (χ3v) is 4.60. The maximum atomic E-state index is 11.9. The zero-order valence-electron chi connectivity index (χ0n) is 16.6. The molecule has 0 spiro atoms. The van der Waals surface area contributed by atoms with Crippen molar-refractivity contribution in [1.29, 1.82) is 0 Å². The monoisotopic (exact) mass is 373 g/mol. The van der Waals surface area contributed by atoms with Crippen molar-refractivity contribution < 1.29 is 9.59 Å². The van der Waals surface area contributed by atoms with Crippen LogP contribution in [0.3, 0.4) is 0 Å². The van der Waals surface area contributed by atoms with Crippen molar-refractivity contribution in [2.45, 2.75) is 32.2 Å². The lowest BCUT2D eigenvalue weighted by atomic mass is 10.1. The molecule has 27 heavy (non-hydrogen) atoms. The summed E-state index contributed by atoms with van der Waals surface area (Å²) in [5.41, 5.74) is 1.24. The second-order valence-electron chi connectivity index (χ2n) is 6.94. The maximum absolute atomic E-state index is 11.9. The molecule has 2 amide bonds. The van der Waals surface area contributed by atoms with Crippen molar-refractivity contribution in [1.82, 2.24) is 20.4 Å². The quantitative estimate of drug-likeness (QED) is 0.549. The smallest absolute Gasteiger partial charge is 0.243 e. The Morgan fingerprint density at radius 3 is 2.67 bits per heavy atom. The summed E-state index contributed by atoms with van der Waals surface area (Å²) in [5, 5.41) is 6.69. The molecule has 2 N–H and O–H groups in total. The van der Waals surface area contributed by atoms with Crippen molar-refractivity contribution in [2.75, 3.05) is 40.3 Å². The molecule has 1 aliphatic heterocycles. The first kappa shape index (κ1) is 20.7. The van der Waals surface area contributed by atoms with Crippen molar-refractivity contribution in [3.8, 4) is 0 Å². The van der Waals surface area contributed by atoms with E-state index in [0.717, 1.165) is 25.9 Å². The molecule has 0 radical (unpaired) electrons. The summed E-state index contributed by atoms with van der Waals surface area (Å²) in [4.78, 5) is 31.6. The van der Waals surface area contributed by atoms with Crippen LogP contribution in [-0.2, 0) is 16.0 Å². The molecule has 1 aromatic carbocycles. The number of nitrogens with zero attached hydrogens (tertiary/aromatic N) is 3. The van der Waals surface area contributed by atoms with E-state index in [9.17, 15) is 9.59 Å². The Morgan fingerprint density at radius 1 is 1.26 bits per heavy atom. The first-order valence-corrected chi connectivity index (χ1v) is 9.56. The van der Waals surface area contributed by atoms with Crippen LogP contribution in [0.2, 0.25) is 0 Å². The predicted octanol–water partition coefficient (Wildman–Crippen LogP) is 0.863. The third-order valence-electron chi connectivity index (χ3n) is 4.60. The zero-order chi connectivity index (χ0) is 19.6. The van der Waals surface area contributed by atoms with Gasteiger partial charge in [-0.3, -0.25) is 9.59 Å². The molecular formula is C20H31N5O2. The Morgan fingerprint density at radius 2 is 2.00 bits per heavy atom. The minimum atomic E-state index is -0.0478. The Bertz CT molecular complexity index is 645. The highest BCUT2D eigenvalue weighted by Crippen LogP contribution is 2.10. The number of hydrogen-bond donors (Lipinski definition) is 2. The number of nitrogens with one attached hydrogen (secondary N) is 2. The van der Waals surface area contributed by atoms with Gasteiger partial charge in [-0.2, -0.15) is 0 Å². The van der Waals surface area contributed by atoms with E-state index in [2.05, 4.69) is 27.8 Å². The zero-order valence-corrected chi connectivity index (χ0v) is 16.6. The number of aliphatic imine (C=N–C) groups is 1. The van der Waals surface area contributed by atoms with Gasteiger partial charge in [-0.1, -0.05) is 37.3 Å². The molecule has 1 atom stereocenters. The van der Waals surface area contributed by atoms with Gasteiger partial charge in [-0.05, 0) is 18.4 Å². The molecule has 0 saturated carbocycles. The summed E-state index contributed by atoms with van der Waals surface area (Å²) in [7, 11) is 3.44. The summed E-state index contributed by atoms with van der Waals surface area (Å²) < 4.78 is 0. The van der Waals surface area contributed by atoms with Crippen molar-refractivity contribution in [3.05, 3.63) is 35.9 Å². The summed E-state index contributed by atoms with van der Waals surface area (Å²) >= 11 is 0. The normalized spacial score (nSPS) is 16.9. The average Bonchev–Trinajstić information content (AvgIpc) is 3.14. The molecule has 1 fully saturated rings. The molecule has 0 aliphatic carbocycles. The Hall–Kier alpha value is -2.57. The Labute approximate surface area is 161 Å². The van der Waals surface area contributed by atoms with Gasteiger partial charge in [0.2, 0.25) is 11.8 Å². The van der Waals surface area contributed by atoms with Crippen LogP contribution in [0.5, 0.6) is 0 Å². The largest absolute Gasteiger partial charge is 0.356 e. The van der Waals surface area contributed by atoms with Gasteiger partial charge in [-0.25, -0.2) is 4.99 Å². The van der Waals surface area contributed by atoms with E-state index in [-0.39, 0.29) is 24.4 Å². The summed E-state index contributed by atoms with van der Waals surface area (Å²) in [6.45, 7) is 4.13. The van der Waals surface area contributed by atoms with Crippen molar-refractivity contribution in [3.63, 3.8) is 0 Å². The van der Waals surface area contributed by atoms with E-state index < -0.39 is 0 Å². The molecule has 1 saturated heterocycles. The van der Waals surface area contributed by atoms with Gasteiger partial charge >= 0.3 is 0 Å². The molecule has 2 rings (SSSR count). The minimum Gasteiger partial charge on any atom is -0.356 e. The number of guanidine groups is 1. The number of amides is 2. The SMILES string of the molecule is CCC(=O)N1CCC(NC(=NCC(=O)N(C)C)NCCc2ccccc2)C1. The number of carbonyl (C=O) groups excluding carboxylic acids is 2. The molecule has 0 aromatic heterocycles. The van der Waals surface area contributed by atoms with Gasteiger partial charge in [0, 0.05) is 46.2 Å². The van der Waals surface area contributed by atoms with Crippen LogP contribution >= 0.6 is 0 Å². The summed E-state index contributed by atoms with van der Waals surface area (Å²) in [6, 6.07) is 10.4. The molecule has 7 heteroatoms. The second-order valence-corrected chi connectivity index (χ2v) is 6.94. The first-order chi connectivity index (χ1) is 13.0. The molecule has 1 aliphatic rings. The number of benzene rings is 1. The lowest BCUT2D eigenvalue weighted by Crippen LogP contribution is -2.46. The van der Waals surface area contributed by atoms with E-state index in [1.807, 2.05) is 30.0 Å². The highest BCUT2D eigenvalue weighted by molar-refractivity contribution is 5.85. The Kier molecular flexibility index (Phi) is 8.10. The lowest BCUT2D eigenvalue weighted by Gasteiger charge is -2.19. The predicted molar refractivity (Wildman–Crippen MR) is 108 cm³/mol. The standard InChI is InChI=1S/C20H31N5O2/c1-4-18(26)25-13-11-17(15-25)23-20(22-14-19(27)24(2)3)21-12-10-16-8-6-5-7-9-16/h5-9,17H,4,10-15H2,1-3H3,(H2,21,22,23). The lowest BCUT2D eigenvalue weighted by molar-refractivity contribution is -0.130. The van der Waals surface area contributed by atoms with Crippen molar-refractivity contribution >= 4 is 17.8 Å². The molecule has 7 nitrogen and oxygen atoms in total. The van der Waals surface area contributed by atoms with E-state index in [1.165, 1.54) is 10.5 Å². The van der Waals surface area contributed by atoms with Gasteiger partial charge in [0.1, 0.15) is 6.54 Å². The number of rotatable bonds is 7. The maximum Gasteiger partial charge on any atom is 0.243 e. The van der Waals surface area contributed by atoms with Gasteiger partial charge in [0.15, 0.2) is 5.96 Å². The number of carbonyl (C=O) groups is 2.